The van der Waals surface area contributed by atoms with Crippen molar-refractivity contribution in [2.75, 3.05) is 26.2 Å². The molecule has 0 amide bonds. The van der Waals surface area contributed by atoms with Crippen molar-refractivity contribution in [3.63, 3.8) is 0 Å². The molecular weight excluding hydrogens is 346 g/mol. The van der Waals surface area contributed by atoms with Crippen LogP contribution in [0, 0.1) is 10.8 Å². The highest BCUT2D eigenvalue weighted by atomic mass is 28.3. The molecule has 0 heterocycles. The van der Waals surface area contributed by atoms with Gasteiger partial charge in [0.15, 0.2) is 18.1 Å². The van der Waals surface area contributed by atoms with Gasteiger partial charge in [-0.3, -0.25) is 4.90 Å². The lowest BCUT2D eigenvalue weighted by Crippen LogP contribution is -2.49. The topological polar surface area (TPSA) is 41.9 Å². The monoisotopic (exact) mass is 391 g/mol. The van der Waals surface area contributed by atoms with Gasteiger partial charge in [0.2, 0.25) is 0 Å². The zero-order valence-electron chi connectivity index (χ0n) is 18.6. The molecule has 2 unspecified atom stereocenters. The van der Waals surface area contributed by atoms with Gasteiger partial charge in [-0.05, 0) is 43.4 Å². The second-order valence-electron chi connectivity index (χ2n) is 9.92. The van der Waals surface area contributed by atoms with Crippen molar-refractivity contribution in [1.29, 1.82) is 0 Å². The number of hydrogen-bond acceptors (Lipinski definition) is 4. The van der Waals surface area contributed by atoms with Crippen LogP contribution in [0.2, 0.25) is 26.2 Å². The minimum atomic E-state index is -1.11. The van der Waals surface area contributed by atoms with Gasteiger partial charge in [-0.2, -0.15) is 0 Å². The first-order valence-electron chi connectivity index (χ1n) is 9.91. The zero-order chi connectivity index (χ0) is 19.8. The van der Waals surface area contributed by atoms with E-state index in [-0.39, 0.29) is 29.6 Å². The third-order valence-electron chi connectivity index (χ3n) is 4.29. The predicted octanol–water partition coefficient (Wildman–Crippen LogP) is 3.50. The molecule has 0 aliphatic rings. The fourth-order valence-electron chi connectivity index (χ4n) is 2.72. The Bertz CT molecular complexity index is 322. The van der Waals surface area contributed by atoms with E-state index in [1.807, 2.05) is 0 Å². The van der Waals surface area contributed by atoms with Crippen molar-refractivity contribution < 1.29 is 14.0 Å². The number of aliphatic hydroxyl groups excluding tert-OH is 1. The van der Waals surface area contributed by atoms with Crippen LogP contribution in [-0.2, 0) is 8.85 Å². The Morgan fingerprint density at radius 2 is 1.16 bits per heavy atom. The number of hydrogen-bond donors (Lipinski definition) is 1. The largest absolute Gasteiger partial charge is 0.416 e. The zero-order valence-corrected chi connectivity index (χ0v) is 20.9. The van der Waals surface area contributed by atoms with Crippen LogP contribution in [-0.4, -0.2) is 66.5 Å². The Morgan fingerprint density at radius 3 is 1.40 bits per heavy atom. The van der Waals surface area contributed by atoms with Crippen LogP contribution < -0.4 is 0 Å². The smallest absolute Gasteiger partial charge is 0.171 e. The molecule has 0 radical (unpaired) electrons. The van der Waals surface area contributed by atoms with E-state index in [1.54, 1.807) is 0 Å². The third-order valence-corrected chi connectivity index (χ3v) is 6.03. The van der Waals surface area contributed by atoms with Crippen molar-refractivity contribution in [1.82, 2.24) is 4.90 Å². The maximum Gasteiger partial charge on any atom is 0.171 e. The van der Waals surface area contributed by atoms with Crippen LogP contribution in [0.1, 0.15) is 48.0 Å². The predicted molar refractivity (Wildman–Crippen MR) is 115 cm³/mol. The normalized spacial score (nSPS) is 16.1. The third kappa shape index (κ3) is 11.6. The summed E-state index contributed by atoms with van der Waals surface area (Å²) in [4.78, 5) is 2.45. The maximum atomic E-state index is 9.32. The van der Waals surface area contributed by atoms with E-state index >= 15 is 0 Å². The minimum absolute atomic E-state index is 0.111. The molecule has 0 aromatic heterocycles. The summed E-state index contributed by atoms with van der Waals surface area (Å²) in [7, 11) is -2.21. The summed E-state index contributed by atoms with van der Waals surface area (Å²) in [6.45, 7) is 25.5. The highest BCUT2D eigenvalue weighted by Gasteiger charge is 2.32. The molecule has 0 fully saturated rings. The molecular formula is C19H45NO3Si2. The van der Waals surface area contributed by atoms with Gasteiger partial charge in [-0.15, -0.1) is 0 Å². The number of rotatable bonds is 11. The van der Waals surface area contributed by atoms with Gasteiger partial charge in [0, 0.05) is 26.2 Å². The summed E-state index contributed by atoms with van der Waals surface area (Å²) in [6.07, 6.45) is 1.23. The molecule has 0 saturated carbocycles. The number of nitrogens with zero attached hydrogens (tertiary/aromatic N) is 1. The Hall–Kier alpha value is 0.274. The lowest BCUT2D eigenvalue weighted by atomic mass is 9.87. The van der Waals surface area contributed by atoms with E-state index in [0.29, 0.717) is 0 Å². The minimum Gasteiger partial charge on any atom is -0.416 e. The van der Waals surface area contributed by atoms with Crippen LogP contribution in [0.15, 0.2) is 0 Å². The molecule has 0 aliphatic heterocycles. The summed E-state index contributed by atoms with van der Waals surface area (Å²) < 4.78 is 12.8. The molecule has 0 aromatic carbocycles. The fourth-order valence-corrected chi connectivity index (χ4v) is 5.02. The molecule has 0 bridgehead atoms. The highest BCUT2D eigenvalue weighted by Crippen LogP contribution is 2.27. The van der Waals surface area contributed by atoms with Crippen molar-refractivity contribution in [3.8, 4) is 0 Å². The lowest BCUT2D eigenvalue weighted by molar-refractivity contribution is 0.00726. The first-order chi connectivity index (χ1) is 11.3. The van der Waals surface area contributed by atoms with Crippen LogP contribution >= 0.6 is 0 Å². The molecule has 0 aliphatic carbocycles. The molecule has 4 nitrogen and oxygen atoms in total. The van der Waals surface area contributed by atoms with Crippen molar-refractivity contribution in [3.05, 3.63) is 0 Å². The maximum absolute atomic E-state index is 9.32. The van der Waals surface area contributed by atoms with E-state index in [2.05, 4.69) is 72.6 Å². The summed E-state index contributed by atoms with van der Waals surface area (Å²) in [6, 6.07) is 0. The summed E-state index contributed by atoms with van der Waals surface area (Å²) in [5.41, 5.74) is 0.221. The second-order valence-corrected chi connectivity index (χ2v) is 14.7. The molecule has 0 spiro atoms. The first-order valence-corrected chi connectivity index (χ1v) is 15.5. The molecule has 1 N–H and O–H groups in total. The van der Waals surface area contributed by atoms with Crippen molar-refractivity contribution >= 4 is 18.1 Å². The lowest BCUT2D eigenvalue weighted by Gasteiger charge is -2.40. The molecule has 2 atom stereocenters. The van der Waals surface area contributed by atoms with Crippen molar-refractivity contribution in [2.24, 2.45) is 10.8 Å². The van der Waals surface area contributed by atoms with Crippen molar-refractivity contribution in [2.45, 2.75) is 86.4 Å². The van der Waals surface area contributed by atoms with E-state index in [1.165, 1.54) is 0 Å². The first kappa shape index (κ1) is 25.3. The van der Waals surface area contributed by atoms with Crippen LogP contribution in [0.5, 0.6) is 0 Å². The molecule has 152 valence electrons. The van der Waals surface area contributed by atoms with E-state index < -0.39 is 18.1 Å². The van der Waals surface area contributed by atoms with Gasteiger partial charge >= 0.3 is 0 Å². The Kier molecular flexibility index (Phi) is 11.3. The Balaban J connectivity index is 5.23. The van der Waals surface area contributed by atoms with Gasteiger partial charge in [-0.1, -0.05) is 41.5 Å². The van der Waals surface area contributed by atoms with Crippen LogP contribution in [0.4, 0.5) is 0 Å². The SMILES string of the molecule is C[SiH](C)OC(CN(CCCO)CC(O[SiH](C)C)C(C)(C)C)C(C)(C)C. The van der Waals surface area contributed by atoms with Gasteiger partial charge in [0.05, 0.1) is 12.2 Å². The van der Waals surface area contributed by atoms with E-state index in [4.69, 9.17) is 8.85 Å². The number of aliphatic hydroxyl groups is 1. The van der Waals surface area contributed by atoms with Gasteiger partial charge in [0.1, 0.15) is 0 Å². The van der Waals surface area contributed by atoms with E-state index in [9.17, 15) is 5.11 Å². The summed E-state index contributed by atoms with van der Waals surface area (Å²) >= 11 is 0. The molecule has 6 heteroatoms. The van der Waals surface area contributed by atoms with Gasteiger partial charge in [-0.25, -0.2) is 0 Å². The molecule has 0 rings (SSSR count). The molecule has 0 aromatic rings. The molecule has 0 saturated heterocycles. The average Bonchev–Trinajstić information content (AvgIpc) is 2.39. The van der Waals surface area contributed by atoms with E-state index in [0.717, 1.165) is 26.1 Å². The fraction of sp³-hybridized carbons (Fsp3) is 1.00. The standard InChI is InChI=1S/C19H45NO3Si2/c1-18(2,3)16(22-24(7)8)14-20(12-11-13-21)15-17(19(4,5)6)23-25(9)10/h16-17,21,24-25H,11-15H2,1-10H3. The van der Waals surface area contributed by atoms with Gasteiger partial charge < -0.3 is 14.0 Å². The average molecular weight is 392 g/mol. The highest BCUT2D eigenvalue weighted by molar-refractivity contribution is 6.48. The Labute approximate surface area is 160 Å². The second kappa shape index (κ2) is 11.2. The Morgan fingerprint density at radius 1 is 0.800 bits per heavy atom. The van der Waals surface area contributed by atoms with Gasteiger partial charge in [0.25, 0.3) is 0 Å². The molecule has 25 heavy (non-hydrogen) atoms. The van der Waals surface area contributed by atoms with Crippen LogP contribution in [0.3, 0.4) is 0 Å². The summed E-state index contributed by atoms with van der Waals surface area (Å²) in [5.74, 6) is 0. The quantitative estimate of drug-likeness (QED) is 0.547. The van der Waals surface area contributed by atoms with Crippen LogP contribution in [0.25, 0.3) is 0 Å². The summed E-state index contributed by atoms with van der Waals surface area (Å²) in [5, 5.41) is 9.32.